The first-order valence-corrected chi connectivity index (χ1v) is 6.58. The highest BCUT2D eigenvalue weighted by Gasteiger charge is 2.11. The van der Waals surface area contributed by atoms with E-state index in [2.05, 4.69) is 52.3 Å². The highest BCUT2D eigenvalue weighted by atomic mass is 79.9. The molecule has 2 rings (SSSR count). The van der Waals surface area contributed by atoms with Crippen LogP contribution in [-0.4, -0.2) is 0 Å². The Morgan fingerprint density at radius 2 is 1.73 bits per heavy atom. The summed E-state index contributed by atoms with van der Waals surface area (Å²) >= 11 is 3.68. The second-order valence-electron chi connectivity index (χ2n) is 4.28. The fourth-order valence-corrected chi connectivity index (χ4v) is 2.84. The third-order valence-corrected chi connectivity index (χ3v) is 3.80. The van der Waals surface area contributed by atoms with Crippen molar-refractivity contribution in [3.8, 4) is 0 Å². The lowest BCUT2D eigenvalue weighted by Gasteiger charge is -2.18. The lowest BCUT2D eigenvalue weighted by atomic mass is 9.89. The molecule has 1 heteroatoms. The third kappa shape index (κ3) is 3.20. The second-order valence-corrected chi connectivity index (χ2v) is 5.13. The van der Waals surface area contributed by atoms with E-state index in [0.29, 0.717) is 0 Å². The molecule has 0 saturated heterocycles. The molecular weight excluding hydrogens is 248 g/mol. The van der Waals surface area contributed by atoms with Crippen LogP contribution in [0.3, 0.4) is 0 Å². The minimum Gasteiger partial charge on any atom is -0.0665 e. The molecule has 1 fully saturated rings. The smallest absolute Gasteiger partial charge is 0.0210 e. The molecule has 0 unspecified atom stereocenters. The van der Waals surface area contributed by atoms with Crippen molar-refractivity contribution in [3.63, 3.8) is 0 Å². The van der Waals surface area contributed by atoms with Crippen molar-refractivity contribution in [1.82, 2.24) is 0 Å². The predicted molar refractivity (Wildman–Crippen MR) is 69.9 cm³/mol. The van der Waals surface area contributed by atoms with Crippen molar-refractivity contribution in [2.75, 3.05) is 0 Å². The zero-order valence-electron chi connectivity index (χ0n) is 8.95. The van der Waals surface area contributed by atoms with E-state index in [1.807, 2.05) is 0 Å². The van der Waals surface area contributed by atoms with Crippen LogP contribution in [0.25, 0.3) is 4.48 Å². The standard InChI is InChI=1S/C14H17Br/c15-14(13-9-5-2-6-10-13)11-12-7-3-1-4-8-12/h2,5-6,9-12H,1,3-4,7-8H2/b14-11-. The molecule has 0 amide bonds. The van der Waals surface area contributed by atoms with E-state index in [1.54, 1.807) is 0 Å². The van der Waals surface area contributed by atoms with E-state index in [-0.39, 0.29) is 0 Å². The van der Waals surface area contributed by atoms with E-state index in [4.69, 9.17) is 0 Å². The Kier molecular flexibility index (Phi) is 4.01. The molecule has 15 heavy (non-hydrogen) atoms. The van der Waals surface area contributed by atoms with Crippen LogP contribution < -0.4 is 0 Å². The molecule has 1 aliphatic carbocycles. The maximum Gasteiger partial charge on any atom is 0.0210 e. The SMILES string of the molecule is Br/C(=C\C1CCCCC1)c1ccccc1. The Balaban J connectivity index is 2.06. The van der Waals surface area contributed by atoms with Crippen LogP contribution >= 0.6 is 15.9 Å². The average Bonchev–Trinajstić information content (AvgIpc) is 2.31. The molecule has 0 aliphatic heterocycles. The Morgan fingerprint density at radius 1 is 1.07 bits per heavy atom. The quantitative estimate of drug-likeness (QED) is 0.705. The summed E-state index contributed by atoms with van der Waals surface area (Å²) in [6, 6.07) is 10.5. The number of rotatable bonds is 2. The van der Waals surface area contributed by atoms with Gasteiger partial charge in [-0.05, 0) is 24.3 Å². The van der Waals surface area contributed by atoms with Gasteiger partial charge in [0.2, 0.25) is 0 Å². The maximum atomic E-state index is 3.68. The minimum absolute atomic E-state index is 0.785. The first kappa shape index (κ1) is 10.9. The van der Waals surface area contributed by atoms with Gasteiger partial charge in [0.15, 0.2) is 0 Å². The highest BCUT2D eigenvalue weighted by molar-refractivity contribution is 9.15. The van der Waals surface area contributed by atoms with Crippen LogP contribution in [0.1, 0.15) is 37.7 Å². The van der Waals surface area contributed by atoms with Gasteiger partial charge in [0.1, 0.15) is 0 Å². The van der Waals surface area contributed by atoms with E-state index < -0.39 is 0 Å². The zero-order chi connectivity index (χ0) is 10.5. The molecule has 0 N–H and O–H groups in total. The summed E-state index contributed by atoms with van der Waals surface area (Å²) in [5, 5.41) is 0. The summed E-state index contributed by atoms with van der Waals surface area (Å²) < 4.78 is 1.26. The summed E-state index contributed by atoms with van der Waals surface area (Å²) in [5.41, 5.74) is 1.29. The number of benzene rings is 1. The maximum absolute atomic E-state index is 3.68. The molecule has 1 saturated carbocycles. The van der Waals surface area contributed by atoms with Crippen molar-refractivity contribution in [2.45, 2.75) is 32.1 Å². The van der Waals surface area contributed by atoms with E-state index in [9.17, 15) is 0 Å². The first-order chi connectivity index (χ1) is 7.36. The van der Waals surface area contributed by atoms with E-state index >= 15 is 0 Å². The van der Waals surface area contributed by atoms with Gasteiger partial charge in [0, 0.05) is 4.48 Å². The van der Waals surface area contributed by atoms with Crippen molar-refractivity contribution in [1.29, 1.82) is 0 Å². The number of allylic oxidation sites excluding steroid dienone is 1. The Labute approximate surface area is 101 Å². The average molecular weight is 265 g/mol. The molecular formula is C14H17Br. The van der Waals surface area contributed by atoms with Gasteiger partial charge >= 0.3 is 0 Å². The van der Waals surface area contributed by atoms with Gasteiger partial charge in [-0.1, -0.05) is 71.6 Å². The van der Waals surface area contributed by atoms with E-state index in [1.165, 1.54) is 42.1 Å². The molecule has 1 aromatic carbocycles. The summed E-state index contributed by atoms with van der Waals surface area (Å²) in [6.45, 7) is 0. The summed E-state index contributed by atoms with van der Waals surface area (Å²) in [5.74, 6) is 0.785. The Morgan fingerprint density at radius 3 is 2.40 bits per heavy atom. The topological polar surface area (TPSA) is 0 Å². The fourth-order valence-electron chi connectivity index (χ4n) is 2.20. The van der Waals surface area contributed by atoms with Gasteiger partial charge in [-0.15, -0.1) is 0 Å². The summed E-state index contributed by atoms with van der Waals surface area (Å²) in [6.07, 6.45) is 9.35. The highest BCUT2D eigenvalue weighted by Crippen LogP contribution is 2.30. The molecule has 0 heterocycles. The third-order valence-electron chi connectivity index (χ3n) is 3.08. The molecule has 1 aromatic rings. The molecule has 80 valence electrons. The van der Waals surface area contributed by atoms with Crippen LogP contribution in [0.4, 0.5) is 0 Å². The summed E-state index contributed by atoms with van der Waals surface area (Å²) in [7, 11) is 0. The van der Waals surface area contributed by atoms with E-state index in [0.717, 1.165) is 5.92 Å². The van der Waals surface area contributed by atoms with Gasteiger partial charge in [-0.25, -0.2) is 0 Å². The second kappa shape index (κ2) is 5.50. The van der Waals surface area contributed by atoms with Crippen molar-refractivity contribution >= 4 is 20.4 Å². The minimum atomic E-state index is 0.785. The first-order valence-electron chi connectivity index (χ1n) is 5.79. The largest absolute Gasteiger partial charge is 0.0665 e. The van der Waals surface area contributed by atoms with Crippen molar-refractivity contribution < 1.29 is 0 Å². The zero-order valence-corrected chi connectivity index (χ0v) is 10.5. The molecule has 0 atom stereocenters. The lowest BCUT2D eigenvalue weighted by Crippen LogP contribution is -2.02. The van der Waals surface area contributed by atoms with Gasteiger partial charge in [0.25, 0.3) is 0 Å². The number of hydrogen-bond donors (Lipinski definition) is 0. The van der Waals surface area contributed by atoms with Gasteiger partial charge in [-0.2, -0.15) is 0 Å². The monoisotopic (exact) mass is 264 g/mol. The molecule has 1 aliphatic rings. The van der Waals surface area contributed by atoms with Gasteiger partial charge < -0.3 is 0 Å². The van der Waals surface area contributed by atoms with Crippen LogP contribution in [0.5, 0.6) is 0 Å². The van der Waals surface area contributed by atoms with Crippen molar-refractivity contribution in [2.24, 2.45) is 5.92 Å². The van der Waals surface area contributed by atoms with Gasteiger partial charge in [-0.3, -0.25) is 0 Å². The number of hydrogen-bond acceptors (Lipinski definition) is 0. The van der Waals surface area contributed by atoms with Crippen molar-refractivity contribution in [3.05, 3.63) is 42.0 Å². The van der Waals surface area contributed by atoms with Crippen LogP contribution in [0.2, 0.25) is 0 Å². The Hall–Kier alpha value is -0.560. The molecule has 0 spiro atoms. The molecule has 0 nitrogen and oxygen atoms in total. The molecule has 0 radical (unpaired) electrons. The van der Waals surface area contributed by atoms with Crippen LogP contribution in [-0.2, 0) is 0 Å². The normalized spacial score (nSPS) is 19.1. The summed E-state index contributed by atoms with van der Waals surface area (Å²) in [4.78, 5) is 0. The van der Waals surface area contributed by atoms with Crippen LogP contribution in [0.15, 0.2) is 36.4 Å². The number of halogens is 1. The van der Waals surface area contributed by atoms with Gasteiger partial charge in [0.05, 0.1) is 0 Å². The predicted octanol–water partition coefficient (Wildman–Crippen LogP) is 5.00. The Bertz CT molecular complexity index is 320. The fraction of sp³-hybridized carbons (Fsp3) is 0.429. The van der Waals surface area contributed by atoms with Crippen LogP contribution in [0, 0.1) is 5.92 Å². The molecule has 0 bridgehead atoms. The molecule has 0 aromatic heterocycles. The lowest BCUT2D eigenvalue weighted by molar-refractivity contribution is 0.420.